The third-order valence-electron chi connectivity index (χ3n) is 16.3. The molecule has 0 fully saturated rings. The minimum Gasteiger partial charge on any atom is -0.394 e. The molecule has 0 aromatic rings. The van der Waals surface area contributed by atoms with E-state index in [0.717, 1.165) is 57.8 Å². The third kappa shape index (κ3) is 64.8. The first-order valence-corrected chi connectivity index (χ1v) is 35.0. The zero-order valence-electron chi connectivity index (χ0n) is 52.2. The Bertz CT molecular complexity index is 1270. The second-order valence-corrected chi connectivity index (χ2v) is 23.9. The van der Waals surface area contributed by atoms with Gasteiger partial charge in [0.15, 0.2) is 0 Å². The van der Waals surface area contributed by atoms with Crippen molar-refractivity contribution in [3.8, 4) is 0 Å². The Morgan fingerprint density at radius 1 is 0.325 bits per heavy atom. The lowest BCUT2D eigenvalue weighted by atomic mass is 10.0. The molecule has 0 aromatic carbocycles. The number of carbonyl (C=O) groups is 1. The van der Waals surface area contributed by atoms with Gasteiger partial charge in [0.25, 0.3) is 0 Å². The van der Waals surface area contributed by atoms with Crippen LogP contribution >= 0.6 is 0 Å². The summed E-state index contributed by atoms with van der Waals surface area (Å²) >= 11 is 0. The number of hydrogen-bond donors (Lipinski definition) is 3. The van der Waals surface area contributed by atoms with Crippen molar-refractivity contribution < 1.29 is 15.0 Å². The maximum Gasteiger partial charge on any atom is 0.220 e. The lowest BCUT2D eigenvalue weighted by molar-refractivity contribution is -0.123. The van der Waals surface area contributed by atoms with Crippen LogP contribution in [-0.2, 0) is 4.79 Å². The number of hydrogen-bond acceptors (Lipinski definition) is 3. The molecular weight excluding hydrogens is 939 g/mol. The zero-order valence-corrected chi connectivity index (χ0v) is 52.2. The Kier molecular flexibility index (Phi) is 66.7. The smallest absolute Gasteiger partial charge is 0.220 e. The van der Waals surface area contributed by atoms with Crippen LogP contribution in [0.1, 0.15) is 380 Å². The summed E-state index contributed by atoms with van der Waals surface area (Å²) in [6, 6.07) is -0.537. The Balaban J connectivity index is 3.38. The second kappa shape index (κ2) is 68.4. The summed E-state index contributed by atoms with van der Waals surface area (Å²) in [5, 5.41) is 23.5. The van der Waals surface area contributed by atoms with E-state index in [0.29, 0.717) is 12.8 Å². The van der Waals surface area contributed by atoms with Crippen LogP contribution in [0.25, 0.3) is 0 Å². The van der Waals surface area contributed by atoms with E-state index in [-0.39, 0.29) is 12.5 Å². The fraction of sp³-hybridized carbons (Fsp3) is 0.849. The summed E-state index contributed by atoms with van der Waals surface area (Å²) in [5.41, 5.74) is 0. The molecule has 0 saturated heterocycles. The molecule has 4 nitrogen and oxygen atoms in total. The molecule has 2 atom stereocenters. The zero-order chi connectivity index (χ0) is 55.5. The molecule has 0 aliphatic carbocycles. The fourth-order valence-corrected chi connectivity index (χ4v) is 11.0. The van der Waals surface area contributed by atoms with Crippen molar-refractivity contribution in [2.75, 3.05) is 6.61 Å². The van der Waals surface area contributed by atoms with Crippen molar-refractivity contribution in [3.05, 3.63) is 60.8 Å². The van der Waals surface area contributed by atoms with Gasteiger partial charge < -0.3 is 15.5 Å². The van der Waals surface area contributed by atoms with Crippen LogP contribution in [0, 0.1) is 0 Å². The van der Waals surface area contributed by atoms with Gasteiger partial charge in [-0.25, -0.2) is 0 Å². The van der Waals surface area contributed by atoms with Crippen LogP contribution in [0.2, 0.25) is 0 Å². The van der Waals surface area contributed by atoms with Gasteiger partial charge in [-0.3, -0.25) is 4.79 Å². The SMILES string of the molecule is CC/C=C\C/C=C\C/C=C\C/C=C\C/C=C\CCCCCCCCCCCCCCCCCCCCCCCCCCCC(=O)NC(CO)C(O)CCCCCCCCCCCCCCCCCCCCCCCCCC. The summed E-state index contributed by atoms with van der Waals surface area (Å²) in [7, 11) is 0. The Morgan fingerprint density at radius 2 is 0.571 bits per heavy atom. The number of amides is 1. The predicted molar refractivity (Wildman–Crippen MR) is 345 cm³/mol. The van der Waals surface area contributed by atoms with Gasteiger partial charge in [0.1, 0.15) is 0 Å². The molecule has 0 aromatic heterocycles. The minimum atomic E-state index is -0.660. The average molecular weight is 1080 g/mol. The highest BCUT2D eigenvalue weighted by molar-refractivity contribution is 5.76. The van der Waals surface area contributed by atoms with Crippen LogP contribution < -0.4 is 5.32 Å². The van der Waals surface area contributed by atoms with E-state index in [9.17, 15) is 15.0 Å². The molecule has 3 N–H and O–H groups in total. The Morgan fingerprint density at radius 3 is 0.857 bits per heavy atom. The molecule has 0 radical (unpaired) electrons. The van der Waals surface area contributed by atoms with E-state index >= 15 is 0 Å². The standard InChI is InChI=1S/C73H137NO3/c1-3-5-7-9-11-13-15-17-19-21-23-25-27-29-30-31-32-33-34-35-36-37-38-39-40-41-42-43-44-45-47-49-51-53-55-57-59-61-63-65-67-69-73(77)74-71(70-75)72(76)68-66-64-62-60-58-56-54-52-50-48-46-28-26-24-22-20-18-16-14-12-10-8-6-4-2/h5,7,11,13,17,19,23,25,29-30,71-72,75-76H,3-4,6,8-10,12,14-16,18,20-22,24,26-28,31-70H2,1-2H3,(H,74,77)/b7-5-,13-11-,19-17-,25-23-,30-29-. The number of unbranched alkanes of at least 4 members (excludes halogenated alkanes) is 48. The number of rotatable bonds is 65. The molecule has 0 aliphatic heterocycles. The van der Waals surface area contributed by atoms with Crippen LogP contribution in [0.5, 0.6) is 0 Å². The highest BCUT2D eigenvalue weighted by Crippen LogP contribution is 2.19. The Hall–Kier alpha value is -1.91. The maximum absolute atomic E-state index is 12.6. The van der Waals surface area contributed by atoms with Gasteiger partial charge in [0, 0.05) is 6.42 Å². The normalized spacial score (nSPS) is 13.0. The van der Waals surface area contributed by atoms with Gasteiger partial charge in [-0.05, 0) is 57.8 Å². The molecule has 77 heavy (non-hydrogen) atoms. The summed E-state index contributed by atoms with van der Waals surface area (Å²) in [4.78, 5) is 12.6. The molecule has 0 bridgehead atoms. The summed E-state index contributed by atoms with van der Waals surface area (Å²) in [6.07, 6.45) is 97.1. The Labute approximate surface area is 483 Å². The summed E-state index contributed by atoms with van der Waals surface area (Å²) in [6.45, 7) is 4.28. The van der Waals surface area contributed by atoms with Crippen molar-refractivity contribution in [2.24, 2.45) is 0 Å². The second-order valence-electron chi connectivity index (χ2n) is 23.9. The van der Waals surface area contributed by atoms with Gasteiger partial charge in [0.05, 0.1) is 18.8 Å². The van der Waals surface area contributed by atoms with Gasteiger partial charge in [-0.2, -0.15) is 0 Å². The third-order valence-corrected chi connectivity index (χ3v) is 16.3. The number of aliphatic hydroxyl groups excluding tert-OH is 2. The van der Waals surface area contributed by atoms with Gasteiger partial charge in [0.2, 0.25) is 5.91 Å². The molecule has 0 spiro atoms. The molecule has 1 amide bonds. The topological polar surface area (TPSA) is 69.6 Å². The van der Waals surface area contributed by atoms with Crippen LogP contribution in [0.3, 0.4) is 0 Å². The number of aliphatic hydroxyl groups is 2. The van der Waals surface area contributed by atoms with Crippen molar-refractivity contribution >= 4 is 5.91 Å². The lowest BCUT2D eigenvalue weighted by Gasteiger charge is -2.22. The van der Waals surface area contributed by atoms with Gasteiger partial charge in [-0.15, -0.1) is 0 Å². The quantitative estimate of drug-likeness (QED) is 0.0420. The number of allylic oxidation sites excluding steroid dienone is 10. The first kappa shape index (κ1) is 75.1. The molecule has 0 aliphatic rings. The first-order valence-electron chi connectivity index (χ1n) is 35.0. The van der Waals surface area contributed by atoms with E-state index < -0.39 is 12.1 Å². The van der Waals surface area contributed by atoms with Crippen molar-refractivity contribution in [1.82, 2.24) is 5.32 Å². The maximum atomic E-state index is 12.6. The van der Waals surface area contributed by atoms with E-state index in [4.69, 9.17) is 0 Å². The molecule has 0 rings (SSSR count). The highest BCUT2D eigenvalue weighted by Gasteiger charge is 2.20. The molecule has 452 valence electrons. The molecule has 0 heterocycles. The van der Waals surface area contributed by atoms with Crippen molar-refractivity contribution in [2.45, 2.75) is 392 Å². The summed E-state index contributed by atoms with van der Waals surface area (Å²) in [5.74, 6) is -0.0232. The van der Waals surface area contributed by atoms with Crippen LogP contribution in [0.4, 0.5) is 0 Å². The van der Waals surface area contributed by atoms with Crippen molar-refractivity contribution in [3.63, 3.8) is 0 Å². The molecule has 0 saturated carbocycles. The van der Waals surface area contributed by atoms with Crippen LogP contribution in [0.15, 0.2) is 60.8 Å². The molecule has 2 unspecified atom stereocenters. The highest BCUT2D eigenvalue weighted by atomic mass is 16.3. The minimum absolute atomic E-state index is 0.0232. The molecule has 4 heteroatoms. The van der Waals surface area contributed by atoms with Gasteiger partial charge in [-0.1, -0.05) is 376 Å². The largest absolute Gasteiger partial charge is 0.394 e. The molecular formula is C73H137NO3. The lowest BCUT2D eigenvalue weighted by Crippen LogP contribution is -2.45. The fourth-order valence-electron chi connectivity index (χ4n) is 11.0. The predicted octanol–water partition coefficient (Wildman–Crippen LogP) is 23.9. The van der Waals surface area contributed by atoms with E-state index in [1.54, 1.807) is 0 Å². The summed E-state index contributed by atoms with van der Waals surface area (Å²) < 4.78 is 0. The van der Waals surface area contributed by atoms with E-state index in [2.05, 4.69) is 79.9 Å². The van der Waals surface area contributed by atoms with Crippen LogP contribution in [-0.4, -0.2) is 34.9 Å². The number of carbonyl (C=O) groups excluding carboxylic acids is 1. The van der Waals surface area contributed by atoms with E-state index in [1.165, 1.54) is 295 Å². The number of nitrogens with one attached hydrogen (secondary N) is 1. The van der Waals surface area contributed by atoms with Gasteiger partial charge >= 0.3 is 0 Å². The van der Waals surface area contributed by atoms with E-state index in [1.807, 2.05) is 0 Å². The average Bonchev–Trinajstić information content (AvgIpc) is 3.43. The first-order chi connectivity index (χ1) is 38.2. The van der Waals surface area contributed by atoms with Crippen molar-refractivity contribution in [1.29, 1.82) is 0 Å². The monoisotopic (exact) mass is 1080 g/mol.